The molecule has 2 aliphatic heterocycles. The van der Waals surface area contributed by atoms with Crippen LogP contribution < -0.4 is 15.2 Å². The zero-order chi connectivity index (χ0) is 14.9. The number of hydrogen-bond donors (Lipinski definition) is 1. The second-order valence-corrected chi connectivity index (χ2v) is 7.14. The lowest BCUT2D eigenvalue weighted by Crippen LogP contribution is -2.47. The van der Waals surface area contributed by atoms with Gasteiger partial charge < -0.3 is 15.2 Å². The molecule has 1 aromatic carbocycles. The summed E-state index contributed by atoms with van der Waals surface area (Å²) >= 11 is 0. The van der Waals surface area contributed by atoms with E-state index in [1.165, 1.54) is 4.31 Å². The number of hydrogen-bond acceptors (Lipinski definition) is 5. The van der Waals surface area contributed by atoms with Crippen molar-refractivity contribution < 1.29 is 17.9 Å². The predicted octanol–water partition coefficient (Wildman–Crippen LogP) is 1.38. The van der Waals surface area contributed by atoms with Gasteiger partial charge in [-0.3, -0.25) is 0 Å². The topological polar surface area (TPSA) is 81.9 Å². The molecule has 0 bridgehead atoms. The van der Waals surface area contributed by atoms with Gasteiger partial charge in [-0.2, -0.15) is 4.31 Å². The summed E-state index contributed by atoms with van der Waals surface area (Å²) in [6.45, 7) is 1.64. The Balaban J connectivity index is 0.00000176. The maximum Gasteiger partial charge on any atom is 0.247 e. The number of ether oxygens (including phenoxy) is 2. The standard InChI is InChI=1S/C14H20N2O4S.ClH/c15-10-11-4-1-2-7-16(11)21(17,18)13-6-3-5-12-14(13)20-9-8-19-12;/h3,5-6,11H,1-2,4,7-10,15H2;1H. The third kappa shape index (κ3) is 3.03. The lowest BCUT2D eigenvalue weighted by molar-refractivity contribution is 0.166. The van der Waals surface area contributed by atoms with E-state index in [0.29, 0.717) is 37.8 Å². The minimum Gasteiger partial charge on any atom is -0.486 e. The average molecular weight is 349 g/mol. The first-order valence-electron chi connectivity index (χ1n) is 7.25. The molecule has 3 rings (SSSR count). The Morgan fingerprint density at radius 1 is 1.23 bits per heavy atom. The maximum atomic E-state index is 13.0. The molecule has 1 saturated heterocycles. The largest absolute Gasteiger partial charge is 0.486 e. The molecule has 124 valence electrons. The molecule has 0 spiro atoms. The van der Waals surface area contributed by atoms with Crippen LogP contribution in [-0.2, 0) is 10.0 Å². The highest BCUT2D eigenvalue weighted by molar-refractivity contribution is 7.89. The number of halogens is 1. The molecule has 2 heterocycles. The Morgan fingerprint density at radius 3 is 2.77 bits per heavy atom. The number of rotatable bonds is 3. The Kier molecular flexibility index (Phi) is 5.55. The fourth-order valence-electron chi connectivity index (χ4n) is 2.90. The quantitative estimate of drug-likeness (QED) is 0.892. The van der Waals surface area contributed by atoms with Gasteiger partial charge in [0, 0.05) is 19.1 Å². The minimum absolute atomic E-state index is 0. The lowest BCUT2D eigenvalue weighted by Gasteiger charge is -2.34. The van der Waals surface area contributed by atoms with Crippen LogP contribution in [0.3, 0.4) is 0 Å². The van der Waals surface area contributed by atoms with Gasteiger partial charge in [0.1, 0.15) is 18.1 Å². The lowest BCUT2D eigenvalue weighted by atomic mass is 10.1. The van der Waals surface area contributed by atoms with E-state index in [2.05, 4.69) is 0 Å². The van der Waals surface area contributed by atoms with E-state index in [-0.39, 0.29) is 23.3 Å². The first-order valence-corrected chi connectivity index (χ1v) is 8.69. The van der Waals surface area contributed by atoms with Crippen LogP contribution in [0.1, 0.15) is 19.3 Å². The van der Waals surface area contributed by atoms with Crippen LogP contribution >= 0.6 is 12.4 Å². The number of sulfonamides is 1. The summed E-state index contributed by atoms with van der Waals surface area (Å²) < 4.78 is 38.5. The summed E-state index contributed by atoms with van der Waals surface area (Å²) in [6, 6.07) is 4.85. The second kappa shape index (κ2) is 7.04. The molecule has 0 amide bonds. The number of nitrogens with zero attached hydrogens (tertiary/aromatic N) is 1. The van der Waals surface area contributed by atoms with Crippen molar-refractivity contribution in [1.82, 2.24) is 4.31 Å². The van der Waals surface area contributed by atoms with Crippen molar-refractivity contribution in [2.24, 2.45) is 5.73 Å². The van der Waals surface area contributed by atoms with Gasteiger partial charge in [0.25, 0.3) is 0 Å². The zero-order valence-corrected chi connectivity index (χ0v) is 13.9. The van der Waals surface area contributed by atoms with E-state index < -0.39 is 10.0 Å². The predicted molar refractivity (Wildman–Crippen MR) is 85.3 cm³/mol. The molecular weight excluding hydrogens is 328 g/mol. The van der Waals surface area contributed by atoms with Gasteiger partial charge in [0.15, 0.2) is 11.5 Å². The first kappa shape index (κ1) is 17.3. The highest BCUT2D eigenvalue weighted by Gasteiger charge is 2.36. The van der Waals surface area contributed by atoms with E-state index >= 15 is 0 Å². The highest BCUT2D eigenvalue weighted by atomic mass is 35.5. The van der Waals surface area contributed by atoms with Crippen molar-refractivity contribution in [2.75, 3.05) is 26.3 Å². The summed E-state index contributed by atoms with van der Waals surface area (Å²) in [6.07, 6.45) is 2.69. The normalized spacial score (nSPS) is 22.0. The number of para-hydroxylation sites is 1. The van der Waals surface area contributed by atoms with E-state index in [4.69, 9.17) is 15.2 Å². The van der Waals surface area contributed by atoms with Crippen molar-refractivity contribution in [1.29, 1.82) is 0 Å². The molecule has 0 aromatic heterocycles. The van der Waals surface area contributed by atoms with E-state index in [1.54, 1.807) is 18.2 Å². The summed E-state index contributed by atoms with van der Waals surface area (Å²) in [5, 5.41) is 0. The van der Waals surface area contributed by atoms with Crippen LogP contribution in [0.2, 0.25) is 0 Å². The van der Waals surface area contributed by atoms with Gasteiger partial charge in [0.05, 0.1) is 0 Å². The smallest absolute Gasteiger partial charge is 0.247 e. The molecule has 1 atom stereocenters. The molecule has 1 aromatic rings. The van der Waals surface area contributed by atoms with Gasteiger partial charge >= 0.3 is 0 Å². The summed E-state index contributed by atoms with van der Waals surface area (Å²) in [4.78, 5) is 0.181. The molecule has 1 unspecified atom stereocenters. The van der Waals surface area contributed by atoms with Crippen LogP contribution in [0.4, 0.5) is 0 Å². The number of piperidine rings is 1. The fraction of sp³-hybridized carbons (Fsp3) is 0.571. The number of nitrogens with two attached hydrogens (primary N) is 1. The second-order valence-electron chi connectivity index (χ2n) is 5.28. The molecule has 2 aliphatic rings. The van der Waals surface area contributed by atoms with Crippen LogP contribution in [0.15, 0.2) is 23.1 Å². The average Bonchev–Trinajstić information content (AvgIpc) is 2.54. The van der Waals surface area contributed by atoms with Gasteiger partial charge in [-0.05, 0) is 25.0 Å². The summed E-state index contributed by atoms with van der Waals surface area (Å²) in [5.74, 6) is 0.814. The Hall–Kier alpha value is -1.02. The van der Waals surface area contributed by atoms with Gasteiger partial charge in [0.2, 0.25) is 10.0 Å². The molecule has 6 nitrogen and oxygen atoms in total. The van der Waals surface area contributed by atoms with Crippen LogP contribution in [0, 0.1) is 0 Å². The zero-order valence-electron chi connectivity index (χ0n) is 12.2. The SMILES string of the molecule is Cl.NCC1CCCCN1S(=O)(=O)c1cccc2c1OCCO2. The monoisotopic (exact) mass is 348 g/mol. The fourth-order valence-corrected chi connectivity index (χ4v) is 4.75. The number of benzene rings is 1. The van der Waals surface area contributed by atoms with Gasteiger partial charge in [-0.1, -0.05) is 12.5 Å². The van der Waals surface area contributed by atoms with Crippen LogP contribution in [-0.4, -0.2) is 45.1 Å². The van der Waals surface area contributed by atoms with E-state index in [0.717, 1.165) is 19.3 Å². The number of fused-ring (bicyclic) bond motifs is 1. The van der Waals surface area contributed by atoms with Crippen molar-refractivity contribution >= 4 is 22.4 Å². The van der Waals surface area contributed by atoms with Crippen LogP contribution in [0.5, 0.6) is 11.5 Å². The van der Waals surface area contributed by atoms with E-state index in [9.17, 15) is 8.42 Å². The molecule has 22 heavy (non-hydrogen) atoms. The van der Waals surface area contributed by atoms with E-state index in [1.807, 2.05) is 0 Å². The molecular formula is C14H21ClN2O4S. The molecule has 2 N–H and O–H groups in total. The molecule has 1 fully saturated rings. The Labute approximate surface area is 137 Å². The Morgan fingerprint density at radius 2 is 2.00 bits per heavy atom. The summed E-state index contributed by atoms with van der Waals surface area (Å²) in [7, 11) is -3.62. The molecule has 0 aliphatic carbocycles. The highest BCUT2D eigenvalue weighted by Crippen LogP contribution is 2.38. The van der Waals surface area contributed by atoms with Crippen molar-refractivity contribution in [3.63, 3.8) is 0 Å². The Bertz CT molecular complexity index is 623. The molecule has 0 saturated carbocycles. The van der Waals surface area contributed by atoms with Gasteiger partial charge in [-0.15, -0.1) is 12.4 Å². The minimum atomic E-state index is -3.62. The van der Waals surface area contributed by atoms with Crippen molar-refractivity contribution in [3.05, 3.63) is 18.2 Å². The molecule has 8 heteroatoms. The van der Waals surface area contributed by atoms with Gasteiger partial charge in [-0.25, -0.2) is 8.42 Å². The van der Waals surface area contributed by atoms with Crippen molar-refractivity contribution in [3.8, 4) is 11.5 Å². The van der Waals surface area contributed by atoms with Crippen molar-refractivity contribution in [2.45, 2.75) is 30.2 Å². The third-order valence-electron chi connectivity index (χ3n) is 3.96. The third-order valence-corrected chi connectivity index (χ3v) is 5.94. The molecule has 0 radical (unpaired) electrons. The maximum absolute atomic E-state index is 13.0. The first-order chi connectivity index (χ1) is 10.1. The van der Waals surface area contributed by atoms with Crippen LogP contribution in [0.25, 0.3) is 0 Å². The summed E-state index contributed by atoms with van der Waals surface area (Å²) in [5.41, 5.74) is 5.74.